The number of ether oxygens (including phenoxy) is 1. The standard InChI is InChI=1S/C42H57ClN4O3S/c1-29-7-5-8-31(17-20-45-21-22-46-19-4-3-10-36(46)26-45)37-14-11-34(37)25-47-27-42(18-6-9-32-23-35(43)13-15-38(32)42)28-50-40-16-12-33(24-39(40)47)41(48)44-51(49)30(29)2/h5,8,12-13,15-16,23-24,29-31,34,36-37H,3-4,6-7,9-11,14,17-22,25-28H2,1-2H3,(H,44,48)/b8-5+/t29?,30?,31?,34?,36?,37?,42-,51?/m0/s1. The molecule has 8 atom stereocenters. The molecule has 8 rings (SSSR count). The molecule has 0 aromatic heterocycles. The van der Waals surface area contributed by atoms with Crippen molar-refractivity contribution >= 4 is 34.2 Å². The molecule has 7 nitrogen and oxygen atoms in total. The smallest absolute Gasteiger partial charge is 0.263 e. The first-order chi connectivity index (χ1) is 24.8. The second-order valence-corrected chi connectivity index (χ2v) is 18.8. The van der Waals surface area contributed by atoms with Gasteiger partial charge in [0.25, 0.3) is 5.91 Å². The van der Waals surface area contributed by atoms with E-state index < -0.39 is 11.0 Å². The van der Waals surface area contributed by atoms with Gasteiger partial charge < -0.3 is 14.5 Å². The maximum absolute atomic E-state index is 13.6. The Kier molecular flexibility index (Phi) is 10.6. The summed E-state index contributed by atoms with van der Waals surface area (Å²) < 4.78 is 23.1. The molecule has 2 saturated heterocycles. The van der Waals surface area contributed by atoms with Gasteiger partial charge in [0.1, 0.15) is 16.7 Å². The Morgan fingerprint density at radius 3 is 2.78 bits per heavy atom. The molecule has 1 N–H and O–H groups in total. The molecule has 4 heterocycles. The van der Waals surface area contributed by atoms with Gasteiger partial charge >= 0.3 is 0 Å². The number of nitrogens with one attached hydrogen (secondary N) is 1. The van der Waals surface area contributed by atoms with Crippen LogP contribution in [0.15, 0.2) is 48.6 Å². The number of fused-ring (bicyclic) bond motifs is 5. The Balaban J connectivity index is 1.10. The number of amides is 1. The van der Waals surface area contributed by atoms with E-state index in [2.05, 4.69) is 50.6 Å². The molecule has 1 saturated carbocycles. The van der Waals surface area contributed by atoms with Gasteiger partial charge in [-0.1, -0.05) is 43.2 Å². The number of hydrogen-bond donors (Lipinski definition) is 1. The number of halogens is 1. The van der Waals surface area contributed by atoms with E-state index in [0.717, 1.165) is 67.8 Å². The number of rotatable bonds is 3. The number of carbonyl (C=O) groups excluding carboxylic acids is 1. The first-order valence-electron chi connectivity index (χ1n) is 19.9. The average molecular weight is 733 g/mol. The van der Waals surface area contributed by atoms with Gasteiger partial charge in [0.05, 0.1) is 17.5 Å². The van der Waals surface area contributed by atoms with Gasteiger partial charge in [-0.3, -0.25) is 14.4 Å². The van der Waals surface area contributed by atoms with Gasteiger partial charge in [-0.2, -0.15) is 0 Å². The summed E-state index contributed by atoms with van der Waals surface area (Å²) in [4.78, 5) is 21.6. The van der Waals surface area contributed by atoms with Crippen molar-refractivity contribution in [1.29, 1.82) is 0 Å². The second-order valence-electron chi connectivity index (χ2n) is 16.8. The van der Waals surface area contributed by atoms with Crippen LogP contribution in [-0.4, -0.2) is 83.6 Å². The van der Waals surface area contributed by atoms with E-state index in [1.807, 2.05) is 31.2 Å². The fourth-order valence-electron chi connectivity index (χ4n) is 10.2. The summed E-state index contributed by atoms with van der Waals surface area (Å²) in [6.45, 7) is 12.6. The highest BCUT2D eigenvalue weighted by Crippen LogP contribution is 2.48. The Morgan fingerprint density at radius 2 is 1.92 bits per heavy atom. The van der Waals surface area contributed by atoms with Crippen molar-refractivity contribution in [3.05, 3.63) is 70.3 Å². The zero-order valence-corrected chi connectivity index (χ0v) is 32.2. The fraction of sp³-hybridized carbons (Fsp3) is 0.643. The van der Waals surface area contributed by atoms with Crippen LogP contribution in [0.1, 0.15) is 93.1 Å². The molecule has 4 aliphatic heterocycles. The Labute approximate surface area is 313 Å². The van der Waals surface area contributed by atoms with Crippen LogP contribution in [0.4, 0.5) is 5.69 Å². The summed E-state index contributed by atoms with van der Waals surface area (Å²) in [5.74, 6) is 2.45. The summed E-state index contributed by atoms with van der Waals surface area (Å²) in [6, 6.07) is 13.0. The number of piperidine rings is 1. The normalized spacial score (nSPS) is 35.3. The number of allylic oxidation sites excluding steroid dienone is 2. The van der Waals surface area contributed by atoms with Gasteiger partial charge in [-0.15, -0.1) is 0 Å². The highest BCUT2D eigenvalue weighted by Gasteiger charge is 2.44. The summed E-state index contributed by atoms with van der Waals surface area (Å²) in [5, 5.41) is 0.635. The lowest BCUT2D eigenvalue weighted by Gasteiger charge is -2.47. The lowest BCUT2D eigenvalue weighted by molar-refractivity contribution is 0.0420. The lowest BCUT2D eigenvalue weighted by Crippen LogP contribution is -2.55. The van der Waals surface area contributed by atoms with Crippen LogP contribution in [0.25, 0.3) is 0 Å². The first kappa shape index (κ1) is 35.6. The van der Waals surface area contributed by atoms with Crippen LogP contribution in [0.2, 0.25) is 5.02 Å². The largest absolute Gasteiger partial charge is 0.490 e. The molecule has 2 bridgehead atoms. The van der Waals surface area contributed by atoms with Crippen LogP contribution >= 0.6 is 11.6 Å². The van der Waals surface area contributed by atoms with E-state index in [-0.39, 0.29) is 22.5 Å². The van der Waals surface area contributed by atoms with Gasteiger partial charge in [-0.25, -0.2) is 4.21 Å². The molecule has 1 spiro atoms. The van der Waals surface area contributed by atoms with E-state index in [1.54, 1.807) is 0 Å². The number of hydrogen-bond acceptors (Lipinski definition) is 6. The Bertz CT molecular complexity index is 1650. The minimum absolute atomic E-state index is 0.159. The lowest BCUT2D eigenvalue weighted by atomic mass is 9.65. The number of anilines is 1. The monoisotopic (exact) mass is 732 g/mol. The zero-order chi connectivity index (χ0) is 35.1. The van der Waals surface area contributed by atoms with Gasteiger partial charge in [0, 0.05) is 54.8 Å². The molecule has 2 aromatic carbocycles. The van der Waals surface area contributed by atoms with Crippen LogP contribution < -0.4 is 14.4 Å². The average Bonchev–Trinajstić information content (AvgIpc) is 3.27. The molecular weight excluding hydrogens is 676 g/mol. The van der Waals surface area contributed by atoms with Crippen LogP contribution in [0, 0.1) is 23.7 Å². The highest BCUT2D eigenvalue weighted by atomic mass is 35.5. The molecule has 0 radical (unpaired) electrons. The number of carbonyl (C=O) groups is 1. The molecule has 2 aliphatic carbocycles. The molecular formula is C42H57ClN4O3S. The van der Waals surface area contributed by atoms with Crippen LogP contribution in [0.5, 0.6) is 5.75 Å². The Hall–Kier alpha value is -2.39. The van der Waals surface area contributed by atoms with Crippen molar-refractivity contribution in [2.75, 3.05) is 57.3 Å². The van der Waals surface area contributed by atoms with Crippen LogP contribution in [0.3, 0.4) is 0 Å². The van der Waals surface area contributed by atoms with Gasteiger partial charge in [0.2, 0.25) is 0 Å². The van der Waals surface area contributed by atoms with Crippen molar-refractivity contribution in [2.45, 2.75) is 94.8 Å². The maximum Gasteiger partial charge on any atom is 0.263 e. The predicted molar refractivity (Wildman–Crippen MR) is 208 cm³/mol. The number of piperazine rings is 1. The third kappa shape index (κ3) is 7.41. The fourth-order valence-corrected chi connectivity index (χ4v) is 11.5. The topological polar surface area (TPSA) is 65.1 Å². The van der Waals surface area contributed by atoms with Gasteiger partial charge in [-0.05, 0) is 143 Å². The summed E-state index contributed by atoms with van der Waals surface area (Å²) in [5.41, 5.74) is 4.06. The summed E-state index contributed by atoms with van der Waals surface area (Å²) in [6.07, 6.45) is 16.8. The molecule has 9 heteroatoms. The molecule has 2 aromatic rings. The minimum Gasteiger partial charge on any atom is -0.490 e. The third-order valence-electron chi connectivity index (χ3n) is 13.7. The summed E-state index contributed by atoms with van der Waals surface area (Å²) >= 11 is 6.51. The maximum atomic E-state index is 13.6. The quantitative estimate of drug-likeness (QED) is 0.332. The van der Waals surface area contributed by atoms with E-state index in [1.165, 1.54) is 75.8 Å². The SMILES string of the molecule is CC1C/C=C/C(CCN2CCN3CCCCC3C2)C2CCC2CN2C[C@@]3(CCCc4cc(Cl)ccc43)COc3ccc(cc32)C(=O)NS(=O)C1C. The molecule has 51 heavy (non-hydrogen) atoms. The second kappa shape index (κ2) is 15.2. The van der Waals surface area contributed by atoms with E-state index in [9.17, 15) is 9.00 Å². The van der Waals surface area contributed by atoms with Gasteiger partial charge in [0.15, 0.2) is 0 Å². The van der Waals surface area contributed by atoms with Crippen molar-refractivity contribution in [1.82, 2.24) is 14.5 Å². The van der Waals surface area contributed by atoms with E-state index >= 15 is 0 Å². The van der Waals surface area contributed by atoms with Crippen molar-refractivity contribution < 1.29 is 13.7 Å². The van der Waals surface area contributed by atoms with Crippen molar-refractivity contribution in [3.8, 4) is 5.75 Å². The van der Waals surface area contributed by atoms with E-state index in [0.29, 0.717) is 29.9 Å². The van der Waals surface area contributed by atoms with E-state index in [4.69, 9.17) is 16.3 Å². The first-order valence-corrected chi connectivity index (χ1v) is 21.5. The number of aryl methyl sites for hydroxylation is 1. The number of nitrogens with zero attached hydrogens (tertiary/aromatic N) is 3. The van der Waals surface area contributed by atoms with Crippen molar-refractivity contribution in [2.24, 2.45) is 23.7 Å². The predicted octanol–water partition coefficient (Wildman–Crippen LogP) is 7.39. The highest BCUT2D eigenvalue weighted by molar-refractivity contribution is 7.84. The van der Waals surface area contributed by atoms with Crippen LogP contribution in [-0.2, 0) is 22.8 Å². The molecule has 6 aliphatic rings. The molecule has 7 unspecified atom stereocenters. The molecule has 276 valence electrons. The number of benzene rings is 2. The molecule has 3 fully saturated rings. The Morgan fingerprint density at radius 1 is 1.02 bits per heavy atom. The minimum atomic E-state index is -1.49. The molecule has 1 amide bonds. The van der Waals surface area contributed by atoms with Crippen molar-refractivity contribution in [3.63, 3.8) is 0 Å². The third-order valence-corrected chi connectivity index (χ3v) is 15.5. The zero-order valence-electron chi connectivity index (χ0n) is 30.7. The summed E-state index contributed by atoms with van der Waals surface area (Å²) in [7, 11) is -1.49.